The molecule has 1 fully saturated rings. The summed E-state index contributed by atoms with van der Waals surface area (Å²) in [6, 6.07) is 11.1. The highest BCUT2D eigenvalue weighted by Gasteiger charge is 2.42. The van der Waals surface area contributed by atoms with Gasteiger partial charge in [-0.1, -0.05) is 24.8 Å². The third kappa shape index (κ3) is 9.56. The number of piperidine rings is 1. The van der Waals surface area contributed by atoms with Gasteiger partial charge in [0.25, 0.3) is 5.91 Å². The Hall–Kier alpha value is -4.87. The van der Waals surface area contributed by atoms with Crippen LogP contribution in [0.4, 0.5) is 0 Å². The molecule has 1 saturated heterocycles. The van der Waals surface area contributed by atoms with Crippen LogP contribution < -0.4 is 14.2 Å². The third-order valence-corrected chi connectivity index (χ3v) is 7.58. The van der Waals surface area contributed by atoms with Crippen LogP contribution in [0.5, 0.6) is 17.2 Å². The zero-order valence-electron chi connectivity index (χ0n) is 26.6. The fraction of sp³-hybridized carbons (Fsp3) is 0.441. The topological polar surface area (TPSA) is 155 Å². The number of methoxy groups -OCH3 is 2. The molecule has 1 N–H and O–H groups in total. The number of ketones is 1. The van der Waals surface area contributed by atoms with Gasteiger partial charge in [-0.05, 0) is 81.3 Å². The number of hydrogen-bond donors (Lipinski definition) is 1. The number of carbonyl (C=O) groups is 5. The van der Waals surface area contributed by atoms with Gasteiger partial charge in [0.2, 0.25) is 5.78 Å². The number of ether oxygens (including phenoxy) is 5. The summed E-state index contributed by atoms with van der Waals surface area (Å²) in [7, 11) is 3.07. The summed E-state index contributed by atoms with van der Waals surface area (Å²) in [5, 5.41) is 9.04. The van der Waals surface area contributed by atoms with Gasteiger partial charge in [-0.3, -0.25) is 9.59 Å². The van der Waals surface area contributed by atoms with Crippen LogP contribution in [0.2, 0.25) is 0 Å². The predicted molar refractivity (Wildman–Crippen MR) is 166 cm³/mol. The highest BCUT2D eigenvalue weighted by Crippen LogP contribution is 2.32. The van der Waals surface area contributed by atoms with E-state index in [0.29, 0.717) is 49.2 Å². The third-order valence-electron chi connectivity index (χ3n) is 7.58. The quantitative estimate of drug-likeness (QED) is 0.160. The van der Waals surface area contributed by atoms with E-state index >= 15 is 0 Å². The maximum Gasteiger partial charge on any atom is 0.341 e. The number of likely N-dealkylation sites (tertiary alicyclic amines) is 1. The summed E-state index contributed by atoms with van der Waals surface area (Å²) in [5.74, 6) is -2.79. The van der Waals surface area contributed by atoms with E-state index < -0.39 is 53.8 Å². The Labute approximate surface area is 268 Å². The summed E-state index contributed by atoms with van der Waals surface area (Å²) in [6.45, 7) is 5.62. The fourth-order valence-corrected chi connectivity index (χ4v) is 5.01. The molecule has 0 aromatic heterocycles. The molecule has 0 radical (unpaired) electrons. The van der Waals surface area contributed by atoms with E-state index in [0.717, 1.165) is 11.6 Å². The van der Waals surface area contributed by atoms with Crippen molar-refractivity contribution in [1.29, 1.82) is 0 Å². The lowest BCUT2D eigenvalue weighted by Crippen LogP contribution is -2.53. The lowest BCUT2D eigenvalue weighted by Gasteiger charge is -2.36. The minimum atomic E-state index is -1.33. The van der Waals surface area contributed by atoms with Gasteiger partial charge >= 0.3 is 17.9 Å². The number of aliphatic carboxylic acids is 1. The molecule has 2 aromatic rings. The largest absolute Gasteiger partial charge is 0.493 e. The SMILES string of the molecule is C=CC(=O)OCC(C)(C)C(=O)C(=O)N1CCCC[C@H]1C(=O)O[C@H](CCc1ccc(OC)c(OC)c1)c1cccc(OCC(=O)O)c1. The van der Waals surface area contributed by atoms with Crippen LogP contribution in [0.3, 0.4) is 0 Å². The summed E-state index contributed by atoms with van der Waals surface area (Å²) in [4.78, 5) is 64.3. The van der Waals surface area contributed by atoms with Crippen molar-refractivity contribution in [3.8, 4) is 17.2 Å². The first-order valence-corrected chi connectivity index (χ1v) is 14.9. The van der Waals surface area contributed by atoms with Crippen molar-refractivity contribution in [2.75, 3.05) is 34.0 Å². The van der Waals surface area contributed by atoms with Crippen LogP contribution in [-0.2, 0) is 39.9 Å². The second kappa shape index (κ2) is 16.4. The van der Waals surface area contributed by atoms with Crippen LogP contribution in [0.25, 0.3) is 0 Å². The molecule has 0 spiro atoms. The zero-order valence-corrected chi connectivity index (χ0v) is 26.6. The number of rotatable bonds is 16. The molecule has 46 heavy (non-hydrogen) atoms. The number of aryl methyl sites for hydroxylation is 1. The van der Waals surface area contributed by atoms with Crippen molar-refractivity contribution in [2.45, 2.75) is 58.1 Å². The second-order valence-corrected chi connectivity index (χ2v) is 11.4. The smallest absolute Gasteiger partial charge is 0.341 e. The van der Waals surface area contributed by atoms with Crippen molar-refractivity contribution < 1.29 is 52.8 Å². The molecule has 0 unspecified atom stereocenters. The standard InChI is InChI=1S/C34H41NO11/c1-6-30(38)45-21-34(2,3)31(39)32(40)35-17-8-7-12-25(35)33(41)46-26(23-10-9-11-24(19-23)44-20-29(36)37)15-13-22-14-16-27(42-4)28(18-22)43-5/h6,9-11,14,16,18-19,25-26H,1,7-8,12-13,15,17,20-21H2,2-5H3,(H,36,37)/t25-,26+/m0/s1. The number of nitrogens with zero attached hydrogens (tertiary/aromatic N) is 1. The summed E-state index contributed by atoms with van der Waals surface area (Å²) in [5.41, 5.74) is 0.114. The Morgan fingerprint density at radius 1 is 1.04 bits per heavy atom. The fourth-order valence-electron chi connectivity index (χ4n) is 5.01. The van der Waals surface area contributed by atoms with Crippen molar-refractivity contribution in [3.63, 3.8) is 0 Å². The highest BCUT2D eigenvalue weighted by atomic mass is 16.5. The van der Waals surface area contributed by atoms with Crippen molar-refractivity contribution >= 4 is 29.6 Å². The summed E-state index contributed by atoms with van der Waals surface area (Å²) in [6.07, 6.45) is 2.49. The Kier molecular flexibility index (Phi) is 12.7. The highest BCUT2D eigenvalue weighted by molar-refractivity contribution is 6.38. The number of Topliss-reactive ketones (excluding diaryl/α,β-unsaturated/α-hetero) is 1. The van der Waals surface area contributed by atoms with E-state index in [-0.39, 0.29) is 18.9 Å². The van der Waals surface area contributed by atoms with Crippen molar-refractivity contribution in [3.05, 3.63) is 66.2 Å². The van der Waals surface area contributed by atoms with Crippen LogP contribution in [0.1, 0.15) is 56.8 Å². The normalized spacial score (nSPS) is 15.2. The second-order valence-electron chi connectivity index (χ2n) is 11.4. The van der Waals surface area contributed by atoms with Crippen LogP contribution in [-0.4, -0.2) is 79.6 Å². The summed E-state index contributed by atoms with van der Waals surface area (Å²) >= 11 is 0. The molecule has 0 aliphatic carbocycles. The van der Waals surface area contributed by atoms with Crippen molar-refractivity contribution in [2.24, 2.45) is 5.41 Å². The van der Waals surface area contributed by atoms with E-state index in [1.807, 2.05) is 12.1 Å². The van der Waals surface area contributed by atoms with Gasteiger partial charge in [-0.2, -0.15) is 0 Å². The molecule has 0 bridgehead atoms. The lowest BCUT2D eigenvalue weighted by atomic mass is 9.87. The lowest BCUT2D eigenvalue weighted by molar-refractivity contribution is -0.165. The molecule has 12 heteroatoms. The monoisotopic (exact) mass is 639 g/mol. The van der Waals surface area contributed by atoms with Gasteiger partial charge in [-0.15, -0.1) is 0 Å². The van der Waals surface area contributed by atoms with E-state index in [9.17, 15) is 24.0 Å². The Morgan fingerprint density at radius 2 is 1.78 bits per heavy atom. The van der Waals surface area contributed by atoms with Gasteiger partial charge in [-0.25, -0.2) is 14.4 Å². The van der Waals surface area contributed by atoms with E-state index in [4.69, 9.17) is 28.8 Å². The minimum Gasteiger partial charge on any atom is -0.493 e. The predicted octanol–water partition coefficient (Wildman–Crippen LogP) is 4.09. The minimum absolute atomic E-state index is 0.182. The molecule has 1 amide bonds. The molecule has 1 aliphatic rings. The maximum absolute atomic E-state index is 13.8. The first kappa shape index (κ1) is 35.6. The Morgan fingerprint density at radius 3 is 2.46 bits per heavy atom. The van der Waals surface area contributed by atoms with Gasteiger partial charge in [0.15, 0.2) is 18.1 Å². The molecule has 2 aromatic carbocycles. The first-order valence-electron chi connectivity index (χ1n) is 14.9. The number of hydrogen-bond acceptors (Lipinski definition) is 10. The molecule has 248 valence electrons. The Bertz CT molecular complexity index is 1430. The number of esters is 2. The van der Waals surface area contributed by atoms with E-state index in [1.54, 1.807) is 30.3 Å². The zero-order chi connectivity index (χ0) is 33.9. The first-order chi connectivity index (χ1) is 21.9. The van der Waals surface area contributed by atoms with Crippen LogP contribution in [0.15, 0.2) is 55.1 Å². The molecule has 3 rings (SSSR count). The molecule has 2 atom stereocenters. The van der Waals surface area contributed by atoms with Crippen LogP contribution >= 0.6 is 0 Å². The number of carboxylic acids is 1. The molecular weight excluding hydrogens is 598 g/mol. The number of carbonyl (C=O) groups excluding carboxylic acids is 4. The maximum atomic E-state index is 13.8. The molecule has 1 aliphatic heterocycles. The van der Waals surface area contributed by atoms with E-state index in [1.165, 1.54) is 33.0 Å². The van der Waals surface area contributed by atoms with Gasteiger partial charge in [0.1, 0.15) is 24.5 Å². The molecule has 1 heterocycles. The average Bonchev–Trinajstić information content (AvgIpc) is 3.07. The number of benzene rings is 2. The molecular formula is C34H41NO11. The summed E-state index contributed by atoms with van der Waals surface area (Å²) < 4.78 is 27.2. The number of carboxylic acid groups (broad SMARTS) is 1. The average molecular weight is 640 g/mol. The van der Waals surface area contributed by atoms with Gasteiger partial charge in [0.05, 0.1) is 19.6 Å². The van der Waals surface area contributed by atoms with Crippen molar-refractivity contribution in [1.82, 2.24) is 4.90 Å². The van der Waals surface area contributed by atoms with Gasteiger partial charge in [0, 0.05) is 12.6 Å². The number of amides is 1. The van der Waals surface area contributed by atoms with Gasteiger partial charge < -0.3 is 33.7 Å². The van der Waals surface area contributed by atoms with E-state index in [2.05, 4.69) is 6.58 Å². The Balaban J connectivity index is 1.85. The van der Waals surface area contributed by atoms with Crippen LogP contribution in [0, 0.1) is 5.41 Å². The molecule has 0 saturated carbocycles. The molecule has 12 nitrogen and oxygen atoms in total.